The second kappa shape index (κ2) is 11.8. The van der Waals surface area contributed by atoms with Gasteiger partial charge in [0.05, 0.1) is 22.8 Å². The highest BCUT2D eigenvalue weighted by Gasteiger charge is 2.50. The topological polar surface area (TPSA) is 28.2 Å². The van der Waals surface area contributed by atoms with Gasteiger partial charge in [-0.1, -0.05) is 107 Å². The monoisotopic (exact) mass is 674 g/mol. The first-order chi connectivity index (χ1) is 24.3. The molecule has 0 saturated heterocycles. The van der Waals surface area contributed by atoms with Gasteiger partial charge in [-0.3, -0.25) is 0 Å². The predicted octanol–water partition coefficient (Wildman–Crippen LogP) is 13.7. The normalized spacial score (nSPS) is 24.9. The first-order valence-electron chi connectivity index (χ1n) is 20.2. The Hall–Kier alpha value is -3.83. The lowest BCUT2D eigenvalue weighted by Gasteiger charge is -2.28. The lowest BCUT2D eigenvalue weighted by atomic mass is 9.76. The van der Waals surface area contributed by atoms with Crippen molar-refractivity contribution in [3.05, 3.63) is 88.1 Å². The summed E-state index contributed by atoms with van der Waals surface area (Å²) in [7, 11) is 0. The van der Waals surface area contributed by atoms with E-state index in [-0.39, 0.29) is 16.7 Å². The average Bonchev–Trinajstić information content (AvgIpc) is 3.86. The van der Waals surface area contributed by atoms with Crippen molar-refractivity contribution in [2.24, 2.45) is 29.6 Å². The zero-order valence-electron chi connectivity index (χ0n) is 32.9. The molecule has 2 saturated carbocycles. The number of benzene rings is 3. The molecule has 51 heavy (non-hydrogen) atoms. The lowest BCUT2D eigenvalue weighted by Crippen LogP contribution is -2.17. The van der Waals surface area contributed by atoms with Crippen molar-refractivity contribution >= 4 is 49.6 Å². The van der Waals surface area contributed by atoms with Crippen molar-refractivity contribution in [1.82, 2.24) is 4.40 Å². The number of fused-ring (bicyclic) bond motifs is 15. The summed E-state index contributed by atoms with van der Waals surface area (Å²) in [4.78, 5) is 0. The number of nitrogens with zero attached hydrogens (tertiary/aromatic N) is 2. The second-order valence-corrected chi connectivity index (χ2v) is 18.4. The van der Waals surface area contributed by atoms with E-state index in [2.05, 4.69) is 114 Å². The molecule has 6 unspecified atom stereocenters. The van der Waals surface area contributed by atoms with Gasteiger partial charge in [0.1, 0.15) is 0 Å². The van der Waals surface area contributed by atoms with Crippen LogP contribution in [0.2, 0.25) is 0 Å². The summed E-state index contributed by atoms with van der Waals surface area (Å²) >= 11 is 0. The predicted molar refractivity (Wildman–Crippen MR) is 220 cm³/mol. The van der Waals surface area contributed by atoms with Gasteiger partial charge in [-0.25, -0.2) is 0 Å². The summed E-state index contributed by atoms with van der Waals surface area (Å²) in [5.41, 5.74) is 13.3. The highest BCUT2D eigenvalue weighted by molar-refractivity contribution is 6.26. The number of nitriles is 1. The second-order valence-electron chi connectivity index (χ2n) is 18.4. The first kappa shape index (κ1) is 34.3. The molecule has 2 fully saturated rings. The molecule has 6 atom stereocenters. The van der Waals surface area contributed by atoms with E-state index in [0.29, 0.717) is 17.8 Å². The third kappa shape index (κ3) is 4.93. The Morgan fingerprint density at radius 3 is 2.31 bits per heavy atom. The quantitative estimate of drug-likeness (QED) is 0.175. The Labute approximate surface area is 306 Å². The molecule has 0 spiro atoms. The average molecular weight is 675 g/mol. The molecule has 5 aromatic rings. The van der Waals surface area contributed by atoms with Gasteiger partial charge in [-0.2, -0.15) is 5.26 Å². The molecule has 4 aliphatic carbocycles. The van der Waals surface area contributed by atoms with Gasteiger partial charge in [0, 0.05) is 27.6 Å². The van der Waals surface area contributed by atoms with Crippen LogP contribution in [0.3, 0.4) is 0 Å². The maximum absolute atomic E-state index is 10.5. The van der Waals surface area contributed by atoms with E-state index in [9.17, 15) is 5.26 Å². The molecule has 2 heteroatoms. The minimum atomic E-state index is -0.0106. The zero-order valence-corrected chi connectivity index (χ0v) is 32.9. The van der Waals surface area contributed by atoms with Gasteiger partial charge in [0.25, 0.3) is 0 Å². The Morgan fingerprint density at radius 2 is 1.65 bits per heavy atom. The summed E-state index contributed by atoms with van der Waals surface area (Å²) < 4.78 is 2.56. The smallest absolute Gasteiger partial charge is 0.0954 e. The Balaban J connectivity index is 0.00000184. The van der Waals surface area contributed by atoms with Gasteiger partial charge < -0.3 is 4.40 Å². The van der Waals surface area contributed by atoms with Crippen LogP contribution in [0.25, 0.3) is 49.6 Å². The minimum Gasteiger partial charge on any atom is -0.308 e. The lowest BCUT2D eigenvalue weighted by molar-refractivity contribution is 0.402. The van der Waals surface area contributed by atoms with E-state index in [0.717, 1.165) is 30.3 Å². The number of allylic oxidation sites excluding steroid dienone is 4. The number of aromatic nitrogens is 1. The van der Waals surface area contributed by atoms with Crippen molar-refractivity contribution in [2.75, 3.05) is 0 Å². The van der Waals surface area contributed by atoms with Gasteiger partial charge in [0.2, 0.25) is 0 Å². The maximum Gasteiger partial charge on any atom is 0.0954 e. The molecule has 2 nitrogen and oxygen atoms in total. The standard InChI is InChI=1S/C47H52N2.C2H6/c1-10-25(2)14-15-27-16-40-42(17-28(27)24-48)49-43-23-33-26(3)32-20-34(31-13-11-12-30(31)32)35(33)21-37(43)39-22-36-38(44(40)45(39)49)18-29(46(4,5)6)19-41(36)47(7,8)9;1-2/h14-15,17-19,21-23,25,27,30-32,34H,3,10-13,16,20H2,1-2,4-9H3;1-2H3/b15-14-;. The molecular weight excluding hydrogens is 617 g/mol. The molecule has 264 valence electrons. The van der Waals surface area contributed by atoms with E-state index in [1.54, 1.807) is 5.56 Å². The summed E-state index contributed by atoms with van der Waals surface area (Å²) in [6, 6.07) is 15.3. The van der Waals surface area contributed by atoms with Gasteiger partial charge in [0.15, 0.2) is 0 Å². The van der Waals surface area contributed by atoms with Crippen LogP contribution in [0.15, 0.2) is 54.6 Å². The maximum atomic E-state index is 10.5. The molecule has 0 amide bonds. The summed E-state index contributed by atoms with van der Waals surface area (Å²) in [5.74, 6) is 3.52. The van der Waals surface area contributed by atoms with E-state index in [1.807, 2.05) is 13.8 Å². The third-order valence-electron chi connectivity index (χ3n) is 13.6. The molecule has 4 aliphatic rings. The summed E-state index contributed by atoms with van der Waals surface area (Å²) in [6.07, 6.45) is 14.3. The fraction of sp³-hybridized carbons (Fsp3) is 0.490. The largest absolute Gasteiger partial charge is 0.308 e. The molecule has 2 heterocycles. The Bertz CT molecular complexity index is 2330. The van der Waals surface area contributed by atoms with Gasteiger partial charge in [-0.05, 0) is 141 Å². The van der Waals surface area contributed by atoms with Crippen molar-refractivity contribution in [2.45, 2.75) is 125 Å². The fourth-order valence-electron chi connectivity index (χ4n) is 10.8. The minimum absolute atomic E-state index is 0.0106. The Morgan fingerprint density at radius 1 is 0.922 bits per heavy atom. The molecule has 9 rings (SSSR count). The molecule has 2 bridgehead atoms. The zero-order chi connectivity index (χ0) is 36.3. The number of rotatable bonds is 3. The van der Waals surface area contributed by atoms with Crippen molar-refractivity contribution in [3.8, 4) is 6.07 Å². The molecule has 2 aromatic heterocycles. The molecule has 0 aliphatic heterocycles. The van der Waals surface area contributed by atoms with E-state index >= 15 is 0 Å². The van der Waals surface area contributed by atoms with Crippen LogP contribution >= 0.6 is 0 Å². The molecular formula is C49H58N2. The SMILES string of the molecule is C=C1c2cc3c(cc2C2CC1C1CCCC21)c1cc2c(C(C)(C)C)cc(C(C)(C)C)cc2c2c4c(n3c12)C=C(C#N)C(/C=C\C(C)CC)C4.CC. The van der Waals surface area contributed by atoms with Crippen LogP contribution in [0, 0.1) is 40.9 Å². The van der Waals surface area contributed by atoms with Crippen LogP contribution in [0.5, 0.6) is 0 Å². The molecule has 3 aromatic carbocycles. The summed E-state index contributed by atoms with van der Waals surface area (Å²) in [5, 5.41) is 17.5. The first-order valence-corrected chi connectivity index (χ1v) is 20.2. The number of hydrogen-bond donors (Lipinski definition) is 0. The highest BCUT2D eigenvalue weighted by Crippen LogP contribution is 2.63. The number of hydrogen-bond acceptors (Lipinski definition) is 1. The van der Waals surface area contributed by atoms with Crippen LogP contribution < -0.4 is 0 Å². The van der Waals surface area contributed by atoms with E-state index in [4.69, 9.17) is 6.58 Å². The third-order valence-corrected chi connectivity index (χ3v) is 13.6. The van der Waals surface area contributed by atoms with Crippen molar-refractivity contribution in [1.29, 1.82) is 5.26 Å². The van der Waals surface area contributed by atoms with E-state index < -0.39 is 0 Å². The van der Waals surface area contributed by atoms with Crippen LogP contribution in [-0.4, -0.2) is 4.40 Å². The molecule has 0 N–H and O–H groups in total. The van der Waals surface area contributed by atoms with E-state index in [1.165, 1.54) is 97.2 Å². The van der Waals surface area contributed by atoms with Crippen LogP contribution in [0.1, 0.15) is 141 Å². The van der Waals surface area contributed by atoms with Gasteiger partial charge in [-0.15, -0.1) is 0 Å². The summed E-state index contributed by atoms with van der Waals surface area (Å²) in [6.45, 7) is 27.5. The van der Waals surface area contributed by atoms with Crippen LogP contribution in [0.4, 0.5) is 0 Å². The van der Waals surface area contributed by atoms with Crippen molar-refractivity contribution in [3.63, 3.8) is 0 Å². The van der Waals surface area contributed by atoms with Crippen LogP contribution in [-0.2, 0) is 17.3 Å². The van der Waals surface area contributed by atoms with Gasteiger partial charge >= 0.3 is 0 Å². The Kier molecular flexibility index (Phi) is 7.96. The highest BCUT2D eigenvalue weighted by atomic mass is 14.9. The molecule has 0 radical (unpaired) electrons. The van der Waals surface area contributed by atoms with Crippen molar-refractivity contribution < 1.29 is 0 Å². The fourth-order valence-corrected chi connectivity index (χ4v) is 10.8.